The molecule has 0 radical (unpaired) electrons. The Hall–Kier alpha value is -4.33. The van der Waals surface area contributed by atoms with Crippen LogP contribution in [0.1, 0.15) is 0 Å². The molecule has 0 bridgehead atoms. The molecule has 8 heteroatoms. The third kappa shape index (κ3) is 3.59. The summed E-state index contributed by atoms with van der Waals surface area (Å²) < 4.78 is 0. The number of hydrogen-bond acceptors (Lipinski definition) is 7. The summed E-state index contributed by atoms with van der Waals surface area (Å²) in [7, 11) is 0. The summed E-state index contributed by atoms with van der Waals surface area (Å²) in [5.74, 6) is 0.495. The number of rotatable bonds is 4. The van der Waals surface area contributed by atoms with Crippen molar-refractivity contribution in [1.29, 1.82) is 0 Å². The zero-order valence-corrected chi connectivity index (χ0v) is 14.9. The van der Waals surface area contributed by atoms with E-state index in [1.807, 2.05) is 0 Å². The molecule has 29 heavy (non-hydrogen) atoms. The molecule has 2 N–H and O–H groups in total. The van der Waals surface area contributed by atoms with Gasteiger partial charge in [-0.1, -0.05) is 36.4 Å². The number of benzene rings is 3. The standard InChI is InChI=1S/C21H14N4O4/c26-17-10-3-1-8-15(17)20-22-19(13-6-5-7-14(12-13)25(28)29)23-21(24-20)16-9-2-4-11-18(16)27/h1-12,26-27H. The second kappa shape index (κ2) is 7.35. The number of nitrogens with zero attached hydrogens (tertiary/aromatic N) is 4. The molecule has 0 saturated heterocycles. The maximum atomic E-state index is 11.1. The number of phenolic OH excluding ortho intramolecular Hbond substituents is 2. The van der Waals surface area contributed by atoms with Gasteiger partial charge in [0.05, 0.1) is 16.1 Å². The quantitative estimate of drug-likeness (QED) is 0.398. The van der Waals surface area contributed by atoms with Crippen LogP contribution in [-0.4, -0.2) is 30.1 Å². The molecular formula is C21H14N4O4. The van der Waals surface area contributed by atoms with Gasteiger partial charge in [-0.25, -0.2) is 15.0 Å². The first-order chi connectivity index (χ1) is 14.0. The first-order valence-electron chi connectivity index (χ1n) is 8.60. The Balaban J connectivity index is 1.96. The lowest BCUT2D eigenvalue weighted by atomic mass is 10.1. The van der Waals surface area contributed by atoms with Gasteiger partial charge in [-0.15, -0.1) is 0 Å². The number of nitro benzene ring substituents is 1. The summed E-state index contributed by atoms with van der Waals surface area (Å²) >= 11 is 0. The molecule has 0 amide bonds. The molecular weight excluding hydrogens is 372 g/mol. The van der Waals surface area contributed by atoms with Crippen molar-refractivity contribution >= 4 is 5.69 Å². The molecule has 1 heterocycles. The van der Waals surface area contributed by atoms with Crippen LogP contribution in [0.4, 0.5) is 5.69 Å². The molecule has 4 rings (SSSR count). The second-order valence-corrected chi connectivity index (χ2v) is 6.15. The fourth-order valence-electron chi connectivity index (χ4n) is 2.83. The predicted octanol–water partition coefficient (Wildman–Crippen LogP) is 4.19. The largest absolute Gasteiger partial charge is 0.507 e. The third-order valence-electron chi connectivity index (χ3n) is 4.24. The molecule has 0 saturated carbocycles. The van der Waals surface area contributed by atoms with Crippen molar-refractivity contribution in [2.75, 3.05) is 0 Å². The van der Waals surface area contributed by atoms with E-state index in [9.17, 15) is 20.3 Å². The van der Waals surface area contributed by atoms with Crippen molar-refractivity contribution in [3.63, 3.8) is 0 Å². The van der Waals surface area contributed by atoms with E-state index >= 15 is 0 Å². The molecule has 0 aliphatic heterocycles. The van der Waals surface area contributed by atoms with Gasteiger partial charge in [0.1, 0.15) is 11.5 Å². The normalized spacial score (nSPS) is 10.6. The van der Waals surface area contributed by atoms with Gasteiger partial charge >= 0.3 is 0 Å². The van der Waals surface area contributed by atoms with E-state index in [2.05, 4.69) is 15.0 Å². The molecule has 0 atom stereocenters. The van der Waals surface area contributed by atoms with E-state index in [1.54, 1.807) is 42.5 Å². The Bertz CT molecular complexity index is 1160. The van der Waals surface area contributed by atoms with Gasteiger partial charge in [0.15, 0.2) is 17.5 Å². The Morgan fingerprint density at radius 1 is 0.690 bits per heavy atom. The van der Waals surface area contributed by atoms with Gasteiger partial charge in [-0.3, -0.25) is 10.1 Å². The Morgan fingerprint density at radius 2 is 1.21 bits per heavy atom. The summed E-state index contributed by atoms with van der Waals surface area (Å²) in [6, 6.07) is 19.0. The fraction of sp³-hybridized carbons (Fsp3) is 0. The highest BCUT2D eigenvalue weighted by Crippen LogP contribution is 2.32. The predicted molar refractivity (Wildman–Crippen MR) is 106 cm³/mol. The number of aromatic nitrogens is 3. The lowest BCUT2D eigenvalue weighted by Crippen LogP contribution is -2.01. The Labute approximate surface area is 165 Å². The molecule has 3 aromatic carbocycles. The van der Waals surface area contributed by atoms with E-state index < -0.39 is 4.92 Å². The fourth-order valence-corrected chi connectivity index (χ4v) is 2.83. The molecule has 4 aromatic rings. The number of non-ortho nitro benzene ring substituents is 1. The van der Waals surface area contributed by atoms with Crippen LogP contribution < -0.4 is 0 Å². The summed E-state index contributed by atoms with van der Waals surface area (Å²) in [5.41, 5.74) is 1.06. The van der Waals surface area contributed by atoms with Crippen LogP contribution in [0.15, 0.2) is 72.8 Å². The van der Waals surface area contributed by atoms with Gasteiger partial charge < -0.3 is 10.2 Å². The highest BCUT2D eigenvalue weighted by Gasteiger charge is 2.17. The number of phenols is 2. The summed E-state index contributed by atoms with van der Waals surface area (Å²) in [4.78, 5) is 23.8. The monoisotopic (exact) mass is 386 g/mol. The average molecular weight is 386 g/mol. The van der Waals surface area contributed by atoms with E-state index in [0.29, 0.717) is 16.7 Å². The maximum Gasteiger partial charge on any atom is 0.270 e. The Kier molecular flexibility index (Phi) is 4.58. The summed E-state index contributed by atoms with van der Waals surface area (Å²) in [5, 5.41) is 31.6. The molecule has 0 fully saturated rings. The zero-order chi connectivity index (χ0) is 20.4. The lowest BCUT2D eigenvalue weighted by molar-refractivity contribution is -0.384. The minimum absolute atomic E-state index is 0.0214. The van der Waals surface area contributed by atoms with Crippen LogP contribution >= 0.6 is 0 Å². The smallest absolute Gasteiger partial charge is 0.270 e. The molecule has 1 aromatic heterocycles. The van der Waals surface area contributed by atoms with Crippen LogP contribution in [0, 0.1) is 10.1 Å². The minimum Gasteiger partial charge on any atom is -0.507 e. The van der Waals surface area contributed by atoms with Gasteiger partial charge in [0.2, 0.25) is 0 Å². The maximum absolute atomic E-state index is 11.1. The van der Waals surface area contributed by atoms with Gasteiger partial charge in [0, 0.05) is 17.7 Å². The van der Waals surface area contributed by atoms with E-state index in [-0.39, 0.29) is 34.7 Å². The molecule has 0 unspecified atom stereocenters. The number of nitro groups is 1. The highest BCUT2D eigenvalue weighted by atomic mass is 16.6. The summed E-state index contributed by atoms with van der Waals surface area (Å²) in [6.07, 6.45) is 0. The van der Waals surface area contributed by atoms with Crippen LogP contribution in [0.2, 0.25) is 0 Å². The van der Waals surface area contributed by atoms with Crippen molar-refractivity contribution in [3.05, 3.63) is 82.9 Å². The molecule has 0 spiro atoms. The highest BCUT2D eigenvalue weighted by molar-refractivity contribution is 5.72. The van der Waals surface area contributed by atoms with Gasteiger partial charge in [0.25, 0.3) is 5.69 Å². The van der Waals surface area contributed by atoms with Crippen LogP contribution in [0.3, 0.4) is 0 Å². The number of para-hydroxylation sites is 2. The first-order valence-corrected chi connectivity index (χ1v) is 8.60. The topological polar surface area (TPSA) is 122 Å². The van der Waals surface area contributed by atoms with Gasteiger partial charge in [-0.2, -0.15) is 0 Å². The summed E-state index contributed by atoms with van der Waals surface area (Å²) in [6.45, 7) is 0. The number of aromatic hydroxyl groups is 2. The van der Waals surface area contributed by atoms with Crippen molar-refractivity contribution in [3.8, 4) is 45.7 Å². The Morgan fingerprint density at radius 3 is 1.72 bits per heavy atom. The molecule has 0 aliphatic rings. The van der Waals surface area contributed by atoms with Crippen LogP contribution in [-0.2, 0) is 0 Å². The molecule has 0 aliphatic carbocycles. The first kappa shape index (κ1) is 18.1. The van der Waals surface area contributed by atoms with Crippen LogP contribution in [0.25, 0.3) is 34.2 Å². The van der Waals surface area contributed by atoms with E-state index in [1.165, 1.54) is 30.3 Å². The zero-order valence-electron chi connectivity index (χ0n) is 14.9. The molecule has 142 valence electrons. The lowest BCUT2D eigenvalue weighted by Gasteiger charge is -2.10. The number of hydrogen-bond donors (Lipinski definition) is 2. The molecule has 8 nitrogen and oxygen atoms in total. The third-order valence-corrected chi connectivity index (χ3v) is 4.24. The van der Waals surface area contributed by atoms with Crippen molar-refractivity contribution in [1.82, 2.24) is 15.0 Å². The van der Waals surface area contributed by atoms with Crippen molar-refractivity contribution in [2.24, 2.45) is 0 Å². The van der Waals surface area contributed by atoms with Gasteiger partial charge in [-0.05, 0) is 24.3 Å². The van der Waals surface area contributed by atoms with E-state index in [4.69, 9.17) is 0 Å². The SMILES string of the molecule is O=[N+]([O-])c1cccc(-c2nc(-c3ccccc3O)nc(-c3ccccc3O)n2)c1. The second-order valence-electron chi connectivity index (χ2n) is 6.15. The minimum atomic E-state index is -0.501. The van der Waals surface area contributed by atoms with Crippen LogP contribution in [0.5, 0.6) is 11.5 Å². The van der Waals surface area contributed by atoms with E-state index in [0.717, 1.165) is 0 Å². The van der Waals surface area contributed by atoms with Crippen molar-refractivity contribution < 1.29 is 15.1 Å². The van der Waals surface area contributed by atoms with Crippen molar-refractivity contribution in [2.45, 2.75) is 0 Å². The average Bonchev–Trinajstić information content (AvgIpc) is 2.74.